The summed E-state index contributed by atoms with van der Waals surface area (Å²) in [6.07, 6.45) is -0.0998. The average molecular weight is 303 g/mol. The number of hydrogen-bond donors (Lipinski definition) is 2. The highest BCUT2D eigenvalue weighted by molar-refractivity contribution is 5.89. The largest absolute Gasteiger partial charge is 0.398 e. The molecule has 1 aromatic carbocycles. The quantitative estimate of drug-likeness (QED) is 0.817. The number of nitrogens with two attached hydrogens (primary N) is 1. The second-order valence-corrected chi connectivity index (χ2v) is 5.62. The van der Waals surface area contributed by atoms with Gasteiger partial charge in [0.15, 0.2) is 0 Å². The van der Waals surface area contributed by atoms with Gasteiger partial charge in [-0.25, -0.2) is 4.98 Å². The number of aliphatic hydroxyl groups is 1. The van der Waals surface area contributed by atoms with E-state index in [-0.39, 0.29) is 11.3 Å². The maximum atomic E-state index is 12.8. The number of nitrogen functional groups attached to an aromatic ring is 1. The Morgan fingerprint density at radius 2 is 2.14 bits per heavy atom. The van der Waals surface area contributed by atoms with Crippen LogP contribution in [0.5, 0.6) is 0 Å². The summed E-state index contributed by atoms with van der Waals surface area (Å²) in [4.78, 5) is 28.5. The van der Waals surface area contributed by atoms with Crippen LogP contribution in [0.4, 0.5) is 5.69 Å². The van der Waals surface area contributed by atoms with Crippen molar-refractivity contribution in [2.45, 2.75) is 45.8 Å². The first-order valence-electron chi connectivity index (χ1n) is 7.27. The van der Waals surface area contributed by atoms with E-state index >= 15 is 0 Å². The normalized spacial score (nSPS) is 14.0. The Labute approximate surface area is 128 Å². The van der Waals surface area contributed by atoms with Crippen LogP contribution in [0.3, 0.4) is 0 Å². The van der Waals surface area contributed by atoms with E-state index in [0.717, 1.165) is 0 Å². The van der Waals surface area contributed by atoms with Crippen molar-refractivity contribution in [3.63, 3.8) is 0 Å². The van der Waals surface area contributed by atoms with E-state index in [4.69, 9.17) is 5.73 Å². The molecule has 0 amide bonds. The van der Waals surface area contributed by atoms with Crippen molar-refractivity contribution in [1.82, 2.24) is 9.55 Å². The number of ketones is 1. The molecule has 2 aromatic rings. The Hall–Kier alpha value is -2.21. The molecule has 1 aromatic heterocycles. The highest BCUT2D eigenvalue weighted by Crippen LogP contribution is 2.22. The molecule has 0 radical (unpaired) electrons. The molecule has 0 fully saturated rings. The topological polar surface area (TPSA) is 98.2 Å². The average Bonchev–Trinajstić information content (AvgIpc) is 2.41. The minimum Gasteiger partial charge on any atom is -0.398 e. The van der Waals surface area contributed by atoms with Gasteiger partial charge in [-0.2, -0.15) is 0 Å². The maximum Gasteiger partial charge on any atom is 0.263 e. The summed E-state index contributed by atoms with van der Waals surface area (Å²) in [5.74, 6) is 0.516. The number of carbonyl (C=O) groups excluding carboxylic acids is 1. The number of anilines is 1. The third-order valence-electron chi connectivity index (χ3n) is 3.82. The third kappa shape index (κ3) is 3.01. The molecule has 0 saturated heterocycles. The first-order chi connectivity index (χ1) is 10.3. The molecule has 6 nitrogen and oxygen atoms in total. The van der Waals surface area contributed by atoms with E-state index in [1.807, 2.05) is 0 Å². The summed E-state index contributed by atoms with van der Waals surface area (Å²) >= 11 is 0. The number of rotatable bonds is 5. The smallest absolute Gasteiger partial charge is 0.263 e. The second-order valence-electron chi connectivity index (χ2n) is 5.62. The molecule has 2 rings (SSSR count). The molecule has 0 aliphatic heterocycles. The zero-order valence-electron chi connectivity index (χ0n) is 13.0. The number of fused-ring (bicyclic) bond motifs is 1. The lowest BCUT2D eigenvalue weighted by molar-refractivity contribution is -0.117. The zero-order chi connectivity index (χ0) is 16.4. The number of hydrogen-bond acceptors (Lipinski definition) is 5. The highest BCUT2D eigenvalue weighted by atomic mass is 16.3. The van der Waals surface area contributed by atoms with Crippen LogP contribution in [0.1, 0.15) is 38.6 Å². The van der Waals surface area contributed by atoms with Crippen LogP contribution in [-0.4, -0.2) is 26.5 Å². The molecule has 6 heteroatoms. The summed E-state index contributed by atoms with van der Waals surface area (Å²) in [7, 11) is 0. The fourth-order valence-electron chi connectivity index (χ4n) is 2.71. The summed E-state index contributed by atoms with van der Waals surface area (Å²) in [6.45, 7) is 4.81. The number of aryl methyl sites for hydroxylation is 1. The van der Waals surface area contributed by atoms with Crippen LogP contribution in [0.2, 0.25) is 0 Å². The predicted molar refractivity (Wildman–Crippen MR) is 85.8 cm³/mol. The Morgan fingerprint density at radius 1 is 1.45 bits per heavy atom. The summed E-state index contributed by atoms with van der Waals surface area (Å²) in [6, 6.07) is 4.62. The molecule has 118 valence electrons. The lowest BCUT2D eigenvalue weighted by Gasteiger charge is -2.24. The van der Waals surface area contributed by atoms with Gasteiger partial charge in [0.1, 0.15) is 11.6 Å². The van der Waals surface area contributed by atoms with Gasteiger partial charge in [0, 0.05) is 12.1 Å². The van der Waals surface area contributed by atoms with E-state index in [1.165, 1.54) is 11.5 Å². The molecular formula is C16H21N3O3. The van der Waals surface area contributed by atoms with E-state index in [2.05, 4.69) is 4.98 Å². The third-order valence-corrected chi connectivity index (χ3v) is 3.82. The van der Waals surface area contributed by atoms with Crippen molar-refractivity contribution < 1.29 is 9.90 Å². The van der Waals surface area contributed by atoms with Crippen LogP contribution in [0.15, 0.2) is 23.0 Å². The molecule has 0 spiro atoms. The van der Waals surface area contributed by atoms with Gasteiger partial charge < -0.3 is 15.6 Å². The van der Waals surface area contributed by atoms with Crippen molar-refractivity contribution in [1.29, 1.82) is 0 Å². The van der Waals surface area contributed by atoms with E-state index in [0.29, 0.717) is 35.3 Å². The fourth-order valence-corrected chi connectivity index (χ4v) is 2.71. The van der Waals surface area contributed by atoms with Crippen molar-refractivity contribution >= 4 is 22.4 Å². The molecule has 0 aliphatic rings. The summed E-state index contributed by atoms with van der Waals surface area (Å²) in [5, 5.41) is 10.4. The molecular weight excluding hydrogens is 282 g/mol. The predicted octanol–water partition coefficient (Wildman–Crippen LogP) is 1.58. The highest BCUT2D eigenvalue weighted by Gasteiger charge is 2.22. The molecule has 1 heterocycles. The Balaban J connectivity index is 2.64. The van der Waals surface area contributed by atoms with Gasteiger partial charge in [-0.05, 0) is 39.3 Å². The van der Waals surface area contributed by atoms with Gasteiger partial charge >= 0.3 is 0 Å². The van der Waals surface area contributed by atoms with Crippen molar-refractivity contribution in [2.24, 2.45) is 0 Å². The lowest BCUT2D eigenvalue weighted by atomic mass is 10.0. The molecule has 0 aliphatic carbocycles. The maximum absolute atomic E-state index is 12.8. The van der Waals surface area contributed by atoms with Gasteiger partial charge in [0.25, 0.3) is 5.56 Å². The second kappa shape index (κ2) is 6.27. The van der Waals surface area contributed by atoms with Crippen molar-refractivity contribution in [3.05, 3.63) is 34.4 Å². The molecule has 2 atom stereocenters. The van der Waals surface area contributed by atoms with E-state index < -0.39 is 12.1 Å². The van der Waals surface area contributed by atoms with Gasteiger partial charge in [0.2, 0.25) is 0 Å². The zero-order valence-corrected chi connectivity index (χ0v) is 13.0. The number of benzene rings is 1. The molecule has 2 unspecified atom stereocenters. The Morgan fingerprint density at radius 3 is 2.73 bits per heavy atom. The van der Waals surface area contributed by atoms with Crippen molar-refractivity contribution in [3.8, 4) is 0 Å². The van der Waals surface area contributed by atoms with Gasteiger partial charge in [-0.1, -0.05) is 6.07 Å². The van der Waals surface area contributed by atoms with Crippen LogP contribution in [0, 0.1) is 6.92 Å². The van der Waals surface area contributed by atoms with E-state index in [1.54, 1.807) is 32.0 Å². The number of Topliss-reactive ketones (excluding diaryl/α,β-unsaturated/α-hetero) is 1. The minimum absolute atomic E-state index is 0.0182. The number of carbonyl (C=O) groups is 1. The number of nitrogens with zero attached hydrogens (tertiary/aromatic N) is 2. The van der Waals surface area contributed by atoms with Crippen LogP contribution in [0.25, 0.3) is 10.9 Å². The number of aromatic nitrogens is 2. The van der Waals surface area contributed by atoms with Crippen LogP contribution < -0.4 is 11.3 Å². The number of aliphatic hydroxyl groups excluding tert-OH is 1. The van der Waals surface area contributed by atoms with Gasteiger partial charge in [-0.3, -0.25) is 9.36 Å². The standard InChI is InChI=1S/C16H21N3O3/c1-9(20)7-8-14(10(2)21)19-11(3)18-13-6-4-5-12(17)15(13)16(19)22/h4-6,10,14,21H,7-8,17H2,1-3H3. The minimum atomic E-state index is -0.778. The first kappa shape index (κ1) is 16.2. The van der Waals surface area contributed by atoms with Crippen molar-refractivity contribution in [2.75, 3.05) is 5.73 Å². The lowest BCUT2D eigenvalue weighted by Crippen LogP contribution is -2.34. The SMILES string of the molecule is CC(=O)CCC(C(C)O)n1c(C)nc2cccc(N)c2c1=O. The van der Waals surface area contributed by atoms with Gasteiger partial charge in [-0.15, -0.1) is 0 Å². The van der Waals surface area contributed by atoms with Crippen LogP contribution >= 0.6 is 0 Å². The Kier molecular flexibility index (Phi) is 4.61. The van der Waals surface area contributed by atoms with E-state index in [9.17, 15) is 14.7 Å². The summed E-state index contributed by atoms with van der Waals surface area (Å²) in [5.41, 5.74) is 6.52. The fraction of sp³-hybridized carbons (Fsp3) is 0.438. The molecule has 0 bridgehead atoms. The molecule has 0 saturated carbocycles. The summed E-state index contributed by atoms with van der Waals surface area (Å²) < 4.78 is 1.45. The Bertz CT molecular complexity index is 765. The first-order valence-corrected chi connectivity index (χ1v) is 7.27. The molecule has 22 heavy (non-hydrogen) atoms. The van der Waals surface area contributed by atoms with Crippen LogP contribution in [-0.2, 0) is 4.79 Å². The molecule has 3 N–H and O–H groups in total. The monoisotopic (exact) mass is 303 g/mol. The van der Waals surface area contributed by atoms with Gasteiger partial charge in [0.05, 0.1) is 23.0 Å².